The Bertz CT molecular complexity index is 1410. The molecule has 0 radical (unpaired) electrons. The van der Waals surface area contributed by atoms with Crippen LogP contribution < -0.4 is 16.6 Å². The molecule has 186 valence electrons. The second-order valence-corrected chi connectivity index (χ2v) is 9.53. The molecular weight excluding hydrogens is 499 g/mol. The Morgan fingerprint density at radius 1 is 1.14 bits per heavy atom. The van der Waals surface area contributed by atoms with Crippen molar-refractivity contribution in [1.29, 1.82) is 5.41 Å². The van der Waals surface area contributed by atoms with Crippen molar-refractivity contribution in [3.05, 3.63) is 91.4 Å². The first-order valence-corrected chi connectivity index (χ1v) is 12.2. The molecule has 1 aliphatic rings. The second kappa shape index (κ2) is 10.6. The first kappa shape index (κ1) is 25.5. The molecule has 0 saturated carbocycles. The van der Waals surface area contributed by atoms with Crippen molar-refractivity contribution >= 4 is 46.8 Å². The van der Waals surface area contributed by atoms with Gasteiger partial charge in [0.2, 0.25) is 5.95 Å². The number of hydrogen-bond acceptors (Lipinski definition) is 6. The summed E-state index contributed by atoms with van der Waals surface area (Å²) in [4.78, 5) is 33.2. The van der Waals surface area contributed by atoms with E-state index >= 15 is 0 Å². The highest BCUT2D eigenvalue weighted by molar-refractivity contribution is 6.42. The van der Waals surface area contributed by atoms with E-state index in [0.717, 1.165) is 5.56 Å². The molecule has 1 amide bonds. The number of aromatic nitrogens is 2. The number of rotatable bonds is 6. The van der Waals surface area contributed by atoms with E-state index in [1.165, 1.54) is 12.4 Å². The topological polar surface area (TPSA) is 117 Å². The molecule has 0 bridgehead atoms. The van der Waals surface area contributed by atoms with E-state index in [-0.39, 0.29) is 24.1 Å². The Kier molecular flexibility index (Phi) is 7.47. The van der Waals surface area contributed by atoms with Crippen LogP contribution in [0.5, 0.6) is 0 Å². The molecule has 0 fully saturated rings. The maximum atomic E-state index is 13.7. The molecule has 0 aliphatic carbocycles. The number of nitrogens with zero attached hydrogens (tertiary/aromatic N) is 3. The lowest BCUT2D eigenvalue weighted by atomic mass is 10.0. The van der Waals surface area contributed by atoms with E-state index in [1.807, 2.05) is 26.0 Å². The Morgan fingerprint density at radius 3 is 2.44 bits per heavy atom. The molecule has 2 aromatic carbocycles. The molecule has 1 aliphatic heterocycles. The zero-order valence-electron chi connectivity index (χ0n) is 19.9. The minimum atomic E-state index is -0.200. The Labute approximate surface area is 218 Å². The first-order valence-electron chi connectivity index (χ1n) is 11.4. The lowest BCUT2D eigenvalue weighted by Gasteiger charge is -2.29. The van der Waals surface area contributed by atoms with Crippen LogP contribution in [0.25, 0.3) is 11.3 Å². The smallest absolute Gasteiger partial charge is 0.263 e. The average molecular weight is 525 g/mol. The maximum Gasteiger partial charge on any atom is 0.263 e. The fourth-order valence-corrected chi connectivity index (χ4v) is 4.40. The van der Waals surface area contributed by atoms with Gasteiger partial charge in [-0.15, -0.1) is 0 Å². The van der Waals surface area contributed by atoms with Crippen LogP contribution in [0.15, 0.2) is 53.5 Å². The highest BCUT2D eigenvalue weighted by atomic mass is 35.5. The van der Waals surface area contributed by atoms with E-state index in [0.29, 0.717) is 57.0 Å². The number of benzene rings is 2. The van der Waals surface area contributed by atoms with Gasteiger partial charge in [0.15, 0.2) is 0 Å². The van der Waals surface area contributed by atoms with Gasteiger partial charge in [0.05, 0.1) is 28.0 Å². The summed E-state index contributed by atoms with van der Waals surface area (Å²) in [5, 5.41) is 11.4. The van der Waals surface area contributed by atoms with Crippen molar-refractivity contribution in [2.24, 2.45) is 5.73 Å². The Morgan fingerprint density at radius 2 is 1.83 bits per heavy atom. The summed E-state index contributed by atoms with van der Waals surface area (Å²) in [5.41, 5.74) is 8.97. The summed E-state index contributed by atoms with van der Waals surface area (Å²) in [7, 11) is 0. The van der Waals surface area contributed by atoms with Gasteiger partial charge in [-0.05, 0) is 56.2 Å². The minimum Gasteiger partial charge on any atom is -0.404 e. The van der Waals surface area contributed by atoms with E-state index in [2.05, 4.69) is 5.32 Å². The molecule has 4 N–H and O–H groups in total. The van der Waals surface area contributed by atoms with Gasteiger partial charge < -0.3 is 21.4 Å². The largest absolute Gasteiger partial charge is 0.404 e. The molecule has 8 nitrogen and oxygen atoms in total. The summed E-state index contributed by atoms with van der Waals surface area (Å²) in [6.45, 7) is 4.51. The number of allylic oxidation sites excluding steroid dienone is 1. The highest BCUT2D eigenvalue weighted by Crippen LogP contribution is 2.26. The third-order valence-corrected chi connectivity index (χ3v) is 6.64. The number of nitrogens with one attached hydrogen (secondary N) is 2. The monoisotopic (exact) mass is 524 g/mol. The molecule has 3 aromatic rings. The van der Waals surface area contributed by atoms with Crippen LogP contribution in [0.1, 0.15) is 41.0 Å². The van der Waals surface area contributed by atoms with Crippen molar-refractivity contribution in [2.45, 2.75) is 32.9 Å². The zero-order valence-corrected chi connectivity index (χ0v) is 21.4. The lowest BCUT2D eigenvalue weighted by Crippen LogP contribution is -2.41. The normalized spacial score (nSPS) is 13.5. The number of halogens is 2. The zero-order chi connectivity index (χ0) is 26.0. The molecule has 36 heavy (non-hydrogen) atoms. The summed E-state index contributed by atoms with van der Waals surface area (Å²) in [6.07, 6.45) is 2.92. The van der Waals surface area contributed by atoms with Crippen molar-refractivity contribution < 1.29 is 4.79 Å². The van der Waals surface area contributed by atoms with Crippen LogP contribution >= 0.6 is 23.2 Å². The summed E-state index contributed by atoms with van der Waals surface area (Å²) < 4.78 is 1.55. The highest BCUT2D eigenvalue weighted by Gasteiger charge is 2.27. The van der Waals surface area contributed by atoms with Crippen LogP contribution in [0.4, 0.5) is 5.95 Å². The molecule has 2 heterocycles. The fraction of sp³-hybridized carbons (Fsp3) is 0.231. The number of anilines is 1. The van der Waals surface area contributed by atoms with E-state index in [4.69, 9.17) is 39.3 Å². The number of nitrogens with two attached hydrogens (primary N) is 1. The summed E-state index contributed by atoms with van der Waals surface area (Å²) >= 11 is 12.1. The molecule has 0 unspecified atom stereocenters. The lowest BCUT2D eigenvalue weighted by molar-refractivity contribution is 0.0731. The third kappa shape index (κ3) is 5.01. The van der Waals surface area contributed by atoms with Crippen LogP contribution in [0.3, 0.4) is 0 Å². The maximum absolute atomic E-state index is 13.7. The summed E-state index contributed by atoms with van der Waals surface area (Å²) in [5.74, 6) is 0.195. The van der Waals surface area contributed by atoms with Crippen LogP contribution in [0.2, 0.25) is 10.0 Å². The quantitative estimate of drug-likeness (QED) is 0.410. The van der Waals surface area contributed by atoms with Gasteiger partial charge in [-0.1, -0.05) is 35.3 Å². The van der Waals surface area contributed by atoms with Gasteiger partial charge >= 0.3 is 0 Å². The van der Waals surface area contributed by atoms with Crippen molar-refractivity contribution in [2.75, 3.05) is 11.9 Å². The number of carbonyl (C=O) groups excluding carboxylic acids is 1. The number of fused-ring (bicyclic) bond motifs is 1. The molecule has 4 rings (SSSR count). The van der Waals surface area contributed by atoms with E-state index in [9.17, 15) is 9.59 Å². The van der Waals surface area contributed by atoms with E-state index < -0.39 is 0 Å². The Hall–Kier alpha value is -3.62. The number of hydrogen-bond donors (Lipinski definition) is 3. The van der Waals surface area contributed by atoms with Gasteiger partial charge in [-0.2, -0.15) is 0 Å². The minimum absolute atomic E-state index is 0.0164. The van der Waals surface area contributed by atoms with Crippen LogP contribution in [-0.4, -0.2) is 39.2 Å². The second-order valence-electron chi connectivity index (χ2n) is 8.72. The standard InChI is InChI=1S/C26H26Cl2N6O2/c1-15(2)31-26-32-23-14-33(24(35)17-5-8-21(27)22(28)11-17)10-9-20(23)25(36)34(26)19-6-3-16(4-7-19)18(12-29)13-30/h3-8,11-13,15,29H,9-10,14,30H2,1-2H3,(H,31,32)/b18-13+,29-12?. The molecule has 10 heteroatoms. The van der Waals surface area contributed by atoms with E-state index in [1.54, 1.807) is 39.8 Å². The SMILES string of the molecule is CC(C)Nc1nc2c(c(=O)n1-c1ccc(/C(C=N)=C/N)cc1)CCN(C(=O)c1ccc(Cl)c(Cl)c1)C2. The molecule has 1 aromatic heterocycles. The Balaban J connectivity index is 1.72. The fourth-order valence-electron chi connectivity index (χ4n) is 4.10. The van der Waals surface area contributed by atoms with Gasteiger partial charge in [-0.3, -0.25) is 9.59 Å². The first-order chi connectivity index (χ1) is 17.2. The number of amides is 1. The summed E-state index contributed by atoms with van der Waals surface area (Å²) in [6, 6.07) is 12.0. The van der Waals surface area contributed by atoms with Gasteiger partial charge in [0.25, 0.3) is 11.5 Å². The van der Waals surface area contributed by atoms with Gasteiger partial charge in [0, 0.05) is 41.7 Å². The van der Waals surface area contributed by atoms with Crippen LogP contribution in [0, 0.1) is 5.41 Å². The van der Waals surface area contributed by atoms with Crippen molar-refractivity contribution in [1.82, 2.24) is 14.5 Å². The molecule has 0 atom stereocenters. The molecular formula is C26H26Cl2N6O2. The number of carbonyl (C=O) groups is 1. The van der Waals surface area contributed by atoms with Gasteiger partial charge in [0.1, 0.15) is 0 Å². The average Bonchev–Trinajstić information content (AvgIpc) is 2.86. The van der Waals surface area contributed by atoms with Crippen molar-refractivity contribution in [3.8, 4) is 5.69 Å². The molecule has 0 spiro atoms. The van der Waals surface area contributed by atoms with Crippen molar-refractivity contribution in [3.63, 3.8) is 0 Å². The van der Waals surface area contributed by atoms with Gasteiger partial charge in [-0.25, -0.2) is 9.55 Å². The molecule has 0 saturated heterocycles. The predicted molar refractivity (Wildman–Crippen MR) is 144 cm³/mol. The van der Waals surface area contributed by atoms with Crippen LogP contribution in [-0.2, 0) is 13.0 Å². The third-order valence-electron chi connectivity index (χ3n) is 5.90. The predicted octanol–water partition coefficient (Wildman–Crippen LogP) is 4.51.